The summed E-state index contributed by atoms with van der Waals surface area (Å²) in [5.41, 5.74) is 1.24. The van der Waals surface area contributed by atoms with E-state index in [1.165, 1.54) is 12.0 Å². The molecule has 0 spiro atoms. The SMILES string of the molecule is COCCOCCOC1C[C@@H]2CC[C@@H](C)[C@@](O)(O2)C(=O)C(=O)N2CCCC[C@H]2C(=O)O[C@H]([C@H](C)C[C@@H]2CC[C@@H](OC)[C@H](OC)C2)CC(=O)[C@H](C)/C=C(\C)[C@@H](O)[C@@H](OC)C(=O)[C@H](C)C[C@H](C)/C=C/C=CC=C1C. The number of ether oxygens (including phenoxy) is 8. The number of piperidine rings is 1. The van der Waals surface area contributed by atoms with E-state index in [4.69, 9.17) is 37.9 Å². The third-order valence-corrected chi connectivity index (χ3v) is 15.4. The van der Waals surface area contributed by atoms with Crippen molar-refractivity contribution >= 4 is 29.2 Å². The van der Waals surface area contributed by atoms with Gasteiger partial charge >= 0.3 is 5.97 Å². The van der Waals surface area contributed by atoms with Crippen molar-refractivity contribution in [3.8, 4) is 0 Å². The zero-order valence-corrected chi connectivity index (χ0v) is 45.2. The molecule has 16 nitrogen and oxygen atoms in total. The second-order valence-corrected chi connectivity index (χ2v) is 21.0. The van der Waals surface area contributed by atoms with Crippen LogP contribution in [0.5, 0.6) is 0 Å². The molecule has 1 saturated carbocycles. The molecule has 1 unspecified atom stereocenters. The fourth-order valence-corrected chi connectivity index (χ4v) is 10.8. The smallest absolute Gasteiger partial charge is 0.329 e. The number of cyclic esters (lactones) is 1. The molecule has 2 N–H and O–H groups in total. The summed E-state index contributed by atoms with van der Waals surface area (Å²) >= 11 is 0. The van der Waals surface area contributed by atoms with Crippen molar-refractivity contribution in [1.82, 2.24) is 4.90 Å². The monoisotopic (exact) mass is 1020 g/mol. The molecule has 1 amide bonds. The van der Waals surface area contributed by atoms with Gasteiger partial charge in [0.1, 0.15) is 30.1 Å². The van der Waals surface area contributed by atoms with Crippen molar-refractivity contribution in [2.75, 3.05) is 61.4 Å². The highest BCUT2D eigenvalue weighted by molar-refractivity contribution is 6.39. The van der Waals surface area contributed by atoms with Crippen molar-refractivity contribution in [2.24, 2.45) is 35.5 Å². The highest BCUT2D eigenvalue weighted by Crippen LogP contribution is 2.38. The van der Waals surface area contributed by atoms with Gasteiger partial charge in [-0.25, -0.2) is 4.79 Å². The molecule has 2 bridgehead atoms. The quantitative estimate of drug-likeness (QED) is 0.0837. The lowest BCUT2D eigenvalue weighted by Gasteiger charge is -2.43. The fourth-order valence-electron chi connectivity index (χ4n) is 10.8. The van der Waals surface area contributed by atoms with E-state index in [-0.39, 0.29) is 73.9 Å². The van der Waals surface area contributed by atoms with Crippen molar-refractivity contribution in [1.29, 1.82) is 0 Å². The fraction of sp³-hybridized carbons (Fsp3) is 0.768. The predicted molar refractivity (Wildman–Crippen MR) is 272 cm³/mol. The molecule has 0 radical (unpaired) electrons. The summed E-state index contributed by atoms with van der Waals surface area (Å²) in [5.74, 6) is -7.94. The van der Waals surface area contributed by atoms with Crippen molar-refractivity contribution in [3.63, 3.8) is 0 Å². The lowest BCUT2D eigenvalue weighted by Crippen LogP contribution is -2.61. The molecular weight excluding hydrogens is 927 g/mol. The Morgan fingerprint density at radius 2 is 1.53 bits per heavy atom. The molecule has 4 aliphatic rings. The molecule has 1 aliphatic carbocycles. The lowest BCUT2D eigenvalue weighted by atomic mass is 9.78. The van der Waals surface area contributed by atoms with Crippen LogP contribution in [0.3, 0.4) is 0 Å². The predicted octanol–water partition coefficient (Wildman–Crippen LogP) is 6.87. The zero-order chi connectivity index (χ0) is 53.1. The summed E-state index contributed by atoms with van der Waals surface area (Å²) in [5, 5.41) is 23.7. The van der Waals surface area contributed by atoms with E-state index < -0.39 is 77.8 Å². The van der Waals surface area contributed by atoms with Gasteiger partial charge in [0.05, 0.1) is 50.8 Å². The highest BCUT2D eigenvalue weighted by atomic mass is 16.6. The summed E-state index contributed by atoms with van der Waals surface area (Å²) < 4.78 is 46.8. The first-order valence-electron chi connectivity index (χ1n) is 26.5. The van der Waals surface area contributed by atoms with Crippen LogP contribution in [0.15, 0.2) is 47.6 Å². The van der Waals surface area contributed by atoms with Crippen LogP contribution in [-0.2, 0) is 61.9 Å². The zero-order valence-electron chi connectivity index (χ0n) is 45.2. The maximum Gasteiger partial charge on any atom is 0.329 e. The van der Waals surface area contributed by atoms with E-state index in [1.54, 1.807) is 48.2 Å². The first-order chi connectivity index (χ1) is 34.3. The van der Waals surface area contributed by atoms with Crippen LogP contribution in [0.4, 0.5) is 0 Å². The molecule has 2 saturated heterocycles. The lowest BCUT2D eigenvalue weighted by molar-refractivity contribution is -0.266. The second-order valence-electron chi connectivity index (χ2n) is 21.0. The summed E-state index contributed by atoms with van der Waals surface area (Å²) in [4.78, 5) is 72.6. The first-order valence-corrected chi connectivity index (χ1v) is 26.5. The van der Waals surface area contributed by atoms with Gasteiger partial charge in [-0.2, -0.15) is 0 Å². The van der Waals surface area contributed by atoms with Gasteiger partial charge in [-0.3, -0.25) is 19.2 Å². The Bertz CT molecular complexity index is 1880. The number of hydrogen-bond acceptors (Lipinski definition) is 15. The highest BCUT2D eigenvalue weighted by Gasteiger charge is 2.53. The Kier molecular flexibility index (Phi) is 25.6. The molecule has 3 heterocycles. The minimum atomic E-state index is -2.47. The van der Waals surface area contributed by atoms with Crippen molar-refractivity contribution in [2.45, 2.75) is 180 Å². The van der Waals surface area contributed by atoms with Crippen LogP contribution < -0.4 is 0 Å². The molecular formula is C56H89NO15. The number of aliphatic hydroxyl groups is 2. The molecule has 72 heavy (non-hydrogen) atoms. The van der Waals surface area contributed by atoms with E-state index in [0.717, 1.165) is 24.8 Å². The minimum Gasteiger partial charge on any atom is -0.460 e. The Hall–Kier alpha value is -3.45. The number of fused-ring (bicyclic) bond motifs is 3. The third kappa shape index (κ3) is 17.3. The Balaban J connectivity index is 1.71. The molecule has 408 valence electrons. The topological polar surface area (TPSA) is 203 Å². The number of methoxy groups -OCH3 is 4. The summed E-state index contributed by atoms with van der Waals surface area (Å²) in [6.45, 7) is 14.2. The van der Waals surface area contributed by atoms with Gasteiger partial charge in [0, 0.05) is 65.6 Å². The van der Waals surface area contributed by atoms with Crippen LogP contribution in [0.1, 0.15) is 126 Å². The van der Waals surface area contributed by atoms with Gasteiger partial charge in [-0.1, -0.05) is 71.1 Å². The number of Topliss-reactive ketones (excluding diaryl/α,β-unsaturated/α-hetero) is 3. The molecule has 3 fully saturated rings. The van der Waals surface area contributed by atoms with Gasteiger partial charge in [0.15, 0.2) is 5.78 Å². The Morgan fingerprint density at radius 3 is 2.22 bits per heavy atom. The van der Waals surface area contributed by atoms with Crippen LogP contribution in [-0.4, -0.2) is 160 Å². The molecule has 4 rings (SSSR count). The average Bonchev–Trinajstić information content (AvgIpc) is 3.36. The summed E-state index contributed by atoms with van der Waals surface area (Å²) in [7, 11) is 6.32. The van der Waals surface area contributed by atoms with E-state index in [0.29, 0.717) is 63.9 Å². The Labute approximate surface area is 429 Å². The van der Waals surface area contributed by atoms with Crippen molar-refractivity contribution in [3.05, 3.63) is 47.6 Å². The molecule has 0 aromatic heterocycles. The van der Waals surface area contributed by atoms with Crippen LogP contribution in [0.2, 0.25) is 0 Å². The van der Waals surface area contributed by atoms with Gasteiger partial charge in [0.25, 0.3) is 11.7 Å². The number of aliphatic hydroxyl groups excluding tert-OH is 1. The van der Waals surface area contributed by atoms with E-state index >= 15 is 0 Å². The normalized spacial score (nSPS) is 36.5. The number of carbonyl (C=O) groups excluding carboxylic acids is 5. The van der Waals surface area contributed by atoms with Crippen LogP contribution in [0, 0.1) is 35.5 Å². The van der Waals surface area contributed by atoms with Gasteiger partial charge < -0.3 is 53.0 Å². The van der Waals surface area contributed by atoms with E-state index in [2.05, 4.69) is 0 Å². The average molecular weight is 1020 g/mol. The molecule has 16 heteroatoms. The van der Waals surface area contributed by atoms with E-state index in [9.17, 15) is 34.2 Å². The number of esters is 1. The maximum atomic E-state index is 14.5. The first kappa shape index (κ1) is 61.1. The minimum absolute atomic E-state index is 0.000925. The van der Waals surface area contributed by atoms with E-state index in [1.807, 2.05) is 58.1 Å². The summed E-state index contributed by atoms with van der Waals surface area (Å²) in [6.07, 6.45) is 12.3. The molecule has 0 aromatic carbocycles. The molecule has 0 aromatic rings. The number of carbonyl (C=O) groups is 5. The number of hydrogen-bond donors (Lipinski definition) is 2. The van der Waals surface area contributed by atoms with Crippen LogP contribution >= 0.6 is 0 Å². The summed E-state index contributed by atoms with van der Waals surface area (Å²) in [6, 6.07) is -1.15. The molecule has 15 atom stereocenters. The standard InChI is InChI=1S/C56H89NO15/c1-35-17-13-12-14-18-36(2)47(70-28-27-69-26-25-65-8)33-43-22-20-41(7)56(64,72-43)53(61)54(62)57-24-16-15-19-44(57)55(63)71-48(38(4)31-42-21-23-46(66-9)49(32-42)67-10)34-45(58)37(3)30-40(6)51(60)52(68-11)50(59)39(5)29-35/h12-14,17-18,30,35,37-39,41-44,46-49,51-52,60,64H,15-16,19-29,31-34H2,1-11H3/b14-12?,17-13+,36-18?,40-30+/t35-,37-,38-,39-,41-,42+,43+,44+,46-,47?,48+,49-,51-,52+,56-/m1/s1. The van der Waals surface area contributed by atoms with Crippen LogP contribution in [0.25, 0.3) is 0 Å². The van der Waals surface area contributed by atoms with Gasteiger partial charge in [0.2, 0.25) is 5.79 Å². The number of amides is 1. The van der Waals surface area contributed by atoms with Gasteiger partial charge in [-0.15, -0.1) is 0 Å². The maximum absolute atomic E-state index is 14.5. The number of nitrogens with zero attached hydrogens (tertiary/aromatic N) is 1. The van der Waals surface area contributed by atoms with Gasteiger partial charge in [-0.05, 0) is 107 Å². The van der Waals surface area contributed by atoms with Crippen molar-refractivity contribution < 1.29 is 72.1 Å². The Morgan fingerprint density at radius 1 is 0.806 bits per heavy atom. The largest absolute Gasteiger partial charge is 0.460 e. The third-order valence-electron chi connectivity index (χ3n) is 15.4. The number of allylic oxidation sites excluding steroid dienone is 6. The molecule has 3 aliphatic heterocycles. The second kappa shape index (κ2) is 30.2. The number of rotatable bonds is 13. The number of ketones is 3.